The van der Waals surface area contributed by atoms with E-state index in [9.17, 15) is 18.8 Å². The number of ether oxygens (including phenoxy) is 1. The third kappa shape index (κ3) is 4.97. The van der Waals surface area contributed by atoms with Gasteiger partial charge in [0.25, 0.3) is 5.24 Å². The summed E-state index contributed by atoms with van der Waals surface area (Å²) in [5.74, 6) is -0.350. The Morgan fingerprint density at radius 2 is 1.90 bits per heavy atom. The summed E-state index contributed by atoms with van der Waals surface area (Å²) in [6, 6.07) is 4.62. The topological polar surface area (TPSA) is 82.2 Å². The fourth-order valence-corrected chi connectivity index (χ4v) is 3.68. The molecule has 1 N–H and O–H groups in total. The molecule has 2 aliphatic heterocycles. The highest BCUT2D eigenvalue weighted by Crippen LogP contribution is 2.29. The van der Waals surface area contributed by atoms with Crippen LogP contribution in [-0.4, -0.2) is 67.5 Å². The molecule has 1 aromatic rings. The quantitative estimate of drug-likeness (QED) is 0.706. The molecular formula is C20H27FN4O4S. The number of hydrogen-bond acceptors (Lipinski definition) is 5. The molecule has 3 amide bonds. The summed E-state index contributed by atoms with van der Waals surface area (Å²) in [4.78, 5) is 40.5. The summed E-state index contributed by atoms with van der Waals surface area (Å²) < 4.78 is 20.0. The maximum absolute atomic E-state index is 14.8. The van der Waals surface area contributed by atoms with Crippen LogP contribution >= 0.6 is 12.6 Å². The molecule has 164 valence electrons. The standard InChI is InChI=1S/C20H27FN4O4S/c1-20(2,3)17(26)24-8-6-23(7-9-24)16-5-4-13(10-15(16)21)25-12-14(29-19(25)28)11-22-18(27)30/h4-5,10,14H,6-9,11-12H2,1-3H3,(H2,22,27,30). The molecule has 1 aromatic carbocycles. The molecule has 0 radical (unpaired) electrons. The molecule has 2 saturated heterocycles. The lowest BCUT2D eigenvalue weighted by molar-refractivity contribution is -0.139. The summed E-state index contributed by atoms with van der Waals surface area (Å²) in [6.07, 6.45) is -1.11. The zero-order valence-corrected chi connectivity index (χ0v) is 18.2. The van der Waals surface area contributed by atoms with Crippen LogP contribution in [0.2, 0.25) is 0 Å². The highest BCUT2D eigenvalue weighted by Gasteiger charge is 2.33. The van der Waals surface area contributed by atoms with Gasteiger partial charge in [0, 0.05) is 31.6 Å². The van der Waals surface area contributed by atoms with E-state index in [0.29, 0.717) is 37.6 Å². The minimum Gasteiger partial charge on any atom is -0.442 e. The number of thiol groups is 1. The fraction of sp³-hybridized carbons (Fsp3) is 0.550. The number of amides is 3. The van der Waals surface area contributed by atoms with Crippen LogP contribution in [0, 0.1) is 11.2 Å². The van der Waals surface area contributed by atoms with E-state index < -0.39 is 28.7 Å². The number of hydrogen-bond donors (Lipinski definition) is 2. The number of cyclic esters (lactones) is 1. The third-order valence-electron chi connectivity index (χ3n) is 5.15. The number of nitrogens with zero attached hydrogens (tertiary/aromatic N) is 3. The Morgan fingerprint density at radius 1 is 1.23 bits per heavy atom. The average molecular weight is 439 g/mol. The van der Waals surface area contributed by atoms with Gasteiger partial charge >= 0.3 is 6.09 Å². The van der Waals surface area contributed by atoms with E-state index >= 15 is 0 Å². The van der Waals surface area contributed by atoms with Crippen molar-refractivity contribution >= 4 is 41.2 Å². The van der Waals surface area contributed by atoms with Crippen molar-refractivity contribution in [3.8, 4) is 0 Å². The first-order chi connectivity index (χ1) is 14.1. The van der Waals surface area contributed by atoms with Gasteiger partial charge in [-0.3, -0.25) is 14.5 Å². The van der Waals surface area contributed by atoms with Gasteiger partial charge in [-0.05, 0) is 18.2 Å². The van der Waals surface area contributed by atoms with E-state index in [1.165, 1.54) is 11.0 Å². The molecule has 0 saturated carbocycles. The van der Waals surface area contributed by atoms with E-state index in [-0.39, 0.29) is 19.0 Å². The summed E-state index contributed by atoms with van der Waals surface area (Å²) in [5, 5.41) is 1.97. The summed E-state index contributed by atoms with van der Waals surface area (Å²) in [6.45, 7) is 8.16. The zero-order chi connectivity index (χ0) is 22.1. The van der Waals surface area contributed by atoms with Gasteiger partial charge in [-0.25, -0.2) is 9.18 Å². The van der Waals surface area contributed by atoms with Gasteiger partial charge in [-0.2, -0.15) is 0 Å². The van der Waals surface area contributed by atoms with Crippen molar-refractivity contribution in [2.24, 2.45) is 5.41 Å². The van der Waals surface area contributed by atoms with Crippen molar-refractivity contribution in [1.82, 2.24) is 10.2 Å². The van der Waals surface area contributed by atoms with Gasteiger partial charge in [0.05, 0.1) is 24.5 Å². The van der Waals surface area contributed by atoms with Crippen molar-refractivity contribution < 1.29 is 23.5 Å². The lowest BCUT2D eigenvalue weighted by Gasteiger charge is -2.38. The van der Waals surface area contributed by atoms with Crippen molar-refractivity contribution in [3.05, 3.63) is 24.0 Å². The van der Waals surface area contributed by atoms with Crippen LogP contribution in [0.15, 0.2) is 18.2 Å². The fourth-order valence-electron chi connectivity index (χ4n) is 3.58. The Morgan fingerprint density at radius 3 is 2.47 bits per heavy atom. The molecule has 1 atom stereocenters. The van der Waals surface area contributed by atoms with Gasteiger partial charge in [-0.1, -0.05) is 33.4 Å². The molecule has 2 aliphatic rings. The van der Waals surface area contributed by atoms with Crippen LogP contribution in [0.1, 0.15) is 20.8 Å². The molecule has 2 heterocycles. The van der Waals surface area contributed by atoms with E-state index in [4.69, 9.17) is 4.74 Å². The van der Waals surface area contributed by atoms with Crippen molar-refractivity contribution in [2.75, 3.05) is 49.1 Å². The number of halogens is 1. The van der Waals surface area contributed by atoms with Crippen LogP contribution < -0.4 is 15.1 Å². The van der Waals surface area contributed by atoms with Crippen LogP contribution in [0.25, 0.3) is 0 Å². The van der Waals surface area contributed by atoms with Crippen molar-refractivity contribution in [2.45, 2.75) is 26.9 Å². The molecule has 1 unspecified atom stereocenters. The smallest absolute Gasteiger partial charge is 0.414 e. The van der Waals surface area contributed by atoms with Gasteiger partial charge in [0.1, 0.15) is 11.9 Å². The van der Waals surface area contributed by atoms with E-state index in [1.54, 1.807) is 12.1 Å². The number of anilines is 2. The maximum Gasteiger partial charge on any atom is 0.414 e. The molecule has 8 nitrogen and oxygen atoms in total. The van der Waals surface area contributed by atoms with Crippen LogP contribution in [0.3, 0.4) is 0 Å². The Kier molecular flexibility index (Phi) is 6.44. The Balaban J connectivity index is 1.63. The van der Waals surface area contributed by atoms with Crippen LogP contribution in [-0.2, 0) is 9.53 Å². The molecule has 0 aliphatic carbocycles. The molecular weight excluding hydrogens is 411 g/mol. The third-order valence-corrected chi connectivity index (χ3v) is 5.31. The maximum atomic E-state index is 14.8. The monoisotopic (exact) mass is 438 g/mol. The molecule has 0 bridgehead atoms. The minimum absolute atomic E-state index is 0.0918. The number of carbonyl (C=O) groups is 3. The number of carbonyl (C=O) groups excluding carboxylic acids is 3. The Labute approximate surface area is 180 Å². The van der Waals surface area contributed by atoms with E-state index in [0.717, 1.165) is 0 Å². The first-order valence-corrected chi connectivity index (χ1v) is 10.3. The van der Waals surface area contributed by atoms with Crippen LogP contribution in [0.4, 0.5) is 25.4 Å². The Bertz CT molecular complexity index is 837. The number of benzene rings is 1. The van der Waals surface area contributed by atoms with Crippen LogP contribution in [0.5, 0.6) is 0 Å². The first kappa shape index (κ1) is 22.2. The second kappa shape index (κ2) is 8.71. The molecule has 0 spiro atoms. The summed E-state index contributed by atoms with van der Waals surface area (Å²) in [5.41, 5.74) is 0.392. The van der Waals surface area contributed by atoms with E-state index in [1.807, 2.05) is 30.6 Å². The Hall–Kier alpha value is -2.49. The van der Waals surface area contributed by atoms with Crippen molar-refractivity contribution in [3.63, 3.8) is 0 Å². The summed E-state index contributed by atoms with van der Waals surface area (Å²) in [7, 11) is 0. The van der Waals surface area contributed by atoms with Crippen molar-refractivity contribution in [1.29, 1.82) is 0 Å². The molecule has 3 rings (SSSR count). The van der Waals surface area contributed by atoms with E-state index in [2.05, 4.69) is 17.9 Å². The lowest BCUT2D eigenvalue weighted by Crippen LogP contribution is -2.51. The van der Waals surface area contributed by atoms with Gasteiger partial charge in [0.15, 0.2) is 0 Å². The van der Waals surface area contributed by atoms with Gasteiger partial charge in [0.2, 0.25) is 5.91 Å². The molecule has 2 fully saturated rings. The largest absolute Gasteiger partial charge is 0.442 e. The normalized spacial score (nSPS) is 19.7. The van der Waals surface area contributed by atoms with Gasteiger partial charge in [-0.15, -0.1) is 0 Å². The minimum atomic E-state index is -0.588. The first-order valence-electron chi connectivity index (χ1n) is 9.85. The predicted molar refractivity (Wildman–Crippen MR) is 115 cm³/mol. The molecule has 30 heavy (non-hydrogen) atoms. The molecule has 0 aromatic heterocycles. The number of rotatable bonds is 4. The molecule has 10 heteroatoms. The lowest BCUT2D eigenvalue weighted by atomic mass is 9.94. The second-order valence-corrected chi connectivity index (χ2v) is 8.87. The zero-order valence-electron chi connectivity index (χ0n) is 17.4. The SMILES string of the molecule is CC(C)(C)C(=O)N1CCN(c2ccc(N3CC(CNC(=O)S)OC3=O)cc2F)CC1. The highest BCUT2D eigenvalue weighted by molar-refractivity contribution is 7.96. The highest BCUT2D eigenvalue weighted by atomic mass is 32.1. The number of piperazine rings is 1. The number of nitrogens with one attached hydrogen (secondary N) is 1. The second-order valence-electron chi connectivity index (χ2n) is 8.47. The predicted octanol–water partition coefficient (Wildman–Crippen LogP) is 2.49. The summed E-state index contributed by atoms with van der Waals surface area (Å²) >= 11 is 3.61. The average Bonchev–Trinajstić information content (AvgIpc) is 3.06. The van der Waals surface area contributed by atoms with Gasteiger partial charge < -0.3 is 19.9 Å².